The average Bonchev–Trinajstić information content (AvgIpc) is 2.77. The number of halogens is 2. The molecule has 0 saturated heterocycles. The minimum Gasteiger partial charge on any atom is -0.383 e. The van der Waals surface area contributed by atoms with Crippen LogP contribution in [0.3, 0.4) is 0 Å². The fourth-order valence-corrected chi connectivity index (χ4v) is 3.07. The first kappa shape index (κ1) is 15.8. The highest BCUT2D eigenvalue weighted by molar-refractivity contribution is 9.10. The van der Waals surface area contributed by atoms with Gasteiger partial charge in [-0.15, -0.1) is 11.6 Å². The number of ether oxygens (including phenoxy) is 1. The van der Waals surface area contributed by atoms with E-state index in [0.717, 1.165) is 34.2 Å². The van der Waals surface area contributed by atoms with Crippen LogP contribution in [0.2, 0.25) is 0 Å². The van der Waals surface area contributed by atoms with Gasteiger partial charge >= 0.3 is 0 Å². The second-order valence-electron chi connectivity index (χ2n) is 4.99. The van der Waals surface area contributed by atoms with E-state index >= 15 is 0 Å². The van der Waals surface area contributed by atoms with Crippen molar-refractivity contribution in [2.75, 3.05) is 13.7 Å². The van der Waals surface area contributed by atoms with Gasteiger partial charge in [0.2, 0.25) is 0 Å². The second kappa shape index (κ2) is 6.92. The lowest BCUT2D eigenvalue weighted by Gasteiger charge is -2.21. The van der Waals surface area contributed by atoms with Gasteiger partial charge in [0.15, 0.2) is 0 Å². The Labute approximate surface area is 133 Å². The zero-order chi connectivity index (χ0) is 14.7. The minimum absolute atomic E-state index is 0.127. The Balaban J connectivity index is 2.60. The third kappa shape index (κ3) is 3.18. The molecule has 0 aliphatic heterocycles. The van der Waals surface area contributed by atoms with Crippen LogP contribution in [-0.2, 0) is 4.74 Å². The van der Waals surface area contributed by atoms with E-state index in [1.807, 2.05) is 19.1 Å². The largest absolute Gasteiger partial charge is 0.383 e. The number of aromatic nitrogens is 2. The number of hydrogen-bond donors (Lipinski definition) is 0. The molecule has 1 aromatic heterocycles. The van der Waals surface area contributed by atoms with E-state index in [2.05, 4.69) is 33.5 Å². The summed E-state index contributed by atoms with van der Waals surface area (Å²) in [5.74, 6) is 0.912. The van der Waals surface area contributed by atoms with Crippen LogP contribution in [0.1, 0.15) is 43.9 Å². The Morgan fingerprint density at radius 2 is 2.20 bits per heavy atom. The van der Waals surface area contributed by atoms with Gasteiger partial charge < -0.3 is 9.30 Å². The molecule has 110 valence electrons. The Morgan fingerprint density at radius 1 is 1.45 bits per heavy atom. The summed E-state index contributed by atoms with van der Waals surface area (Å²) in [4.78, 5) is 4.70. The molecule has 0 bridgehead atoms. The fraction of sp³-hybridized carbons (Fsp3) is 0.533. The summed E-state index contributed by atoms with van der Waals surface area (Å²) in [5, 5.41) is -0.127. The molecular formula is C15H20BrClN2O. The molecule has 2 atom stereocenters. The van der Waals surface area contributed by atoms with Crippen molar-refractivity contribution < 1.29 is 4.74 Å². The maximum absolute atomic E-state index is 6.33. The predicted octanol–water partition coefficient (Wildman–Crippen LogP) is 5.09. The molecule has 1 aromatic carbocycles. The topological polar surface area (TPSA) is 27.1 Å². The molecule has 0 fully saturated rings. The first-order valence-electron chi connectivity index (χ1n) is 6.88. The van der Waals surface area contributed by atoms with Crippen LogP contribution in [-0.4, -0.2) is 23.3 Å². The van der Waals surface area contributed by atoms with Crippen LogP contribution >= 0.6 is 27.5 Å². The summed E-state index contributed by atoms with van der Waals surface area (Å²) in [5.41, 5.74) is 2.09. The van der Waals surface area contributed by atoms with E-state index in [0.29, 0.717) is 6.61 Å². The Hall–Kier alpha value is -0.580. The van der Waals surface area contributed by atoms with E-state index in [4.69, 9.17) is 21.3 Å². The van der Waals surface area contributed by atoms with Crippen molar-refractivity contribution in [2.24, 2.45) is 0 Å². The molecule has 0 saturated carbocycles. The number of benzene rings is 1. The highest BCUT2D eigenvalue weighted by atomic mass is 79.9. The zero-order valence-electron chi connectivity index (χ0n) is 12.1. The van der Waals surface area contributed by atoms with Crippen molar-refractivity contribution in [1.82, 2.24) is 9.55 Å². The van der Waals surface area contributed by atoms with Gasteiger partial charge in [0.25, 0.3) is 0 Å². The maximum atomic E-state index is 6.33. The zero-order valence-corrected chi connectivity index (χ0v) is 14.4. The van der Waals surface area contributed by atoms with Crippen molar-refractivity contribution in [1.29, 1.82) is 0 Å². The number of fused-ring (bicyclic) bond motifs is 1. The smallest absolute Gasteiger partial charge is 0.128 e. The van der Waals surface area contributed by atoms with Crippen LogP contribution < -0.4 is 0 Å². The standard InChI is InChI=1S/C15H20BrClN2O/c1-4-5-12(9-20-3)19-14-7-6-11(16)8-13(14)18-15(19)10(2)17/h6-8,10,12H,4-5,9H2,1-3H3. The van der Waals surface area contributed by atoms with Crippen molar-refractivity contribution in [3.05, 3.63) is 28.5 Å². The summed E-state index contributed by atoms with van der Waals surface area (Å²) in [6.45, 7) is 4.82. The molecule has 0 amide bonds. The predicted molar refractivity (Wildman–Crippen MR) is 87.5 cm³/mol. The maximum Gasteiger partial charge on any atom is 0.128 e. The van der Waals surface area contributed by atoms with Gasteiger partial charge in [-0.25, -0.2) is 4.98 Å². The van der Waals surface area contributed by atoms with Gasteiger partial charge in [-0.3, -0.25) is 0 Å². The van der Waals surface area contributed by atoms with Gasteiger partial charge in [-0.2, -0.15) is 0 Å². The SMILES string of the molecule is CCCC(COC)n1c(C(C)Cl)nc2cc(Br)ccc21. The molecule has 5 heteroatoms. The molecule has 0 spiro atoms. The van der Waals surface area contributed by atoms with Gasteiger partial charge in [-0.05, 0) is 31.5 Å². The van der Waals surface area contributed by atoms with Crippen LogP contribution in [0.15, 0.2) is 22.7 Å². The lowest BCUT2D eigenvalue weighted by molar-refractivity contribution is 0.150. The van der Waals surface area contributed by atoms with E-state index in [1.54, 1.807) is 7.11 Å². The normalized spacial score (nSPS) is 14.7. The minimum atomic E-state index is -0.127. The second-order valence-corrected chi connectivity index (χ2v) is 6.56. The van der Waals surface area contributed by atoms with Crippen LogP contribution in [0.5, 0.6) is 0 Å². The van der Waals surface area contributed by atoms with Crippen LogP contribution in [0.25, 0.3) is 11.0 Å². The monoisotopic (exact) mass is 358 g/mol. The number of alkyl halides is 1. The van der Waals surface area contributed by atoms with E-state index in [9.17, 15) is 0 Å². The third-order valence-electron chi connectivity index (χ3n) is 3.38. The van der Waals surface area contributed by atoms with Crippen molar-refractivity contribution in [3.63, 3.8) is 0 Å². The fourth-order valence-electron chi connectivity index (χ4n) is 2.57. The lowest BCUT2D eigenvalue weighted by atomic mass is 10.1. The Morgan fingerprint density at radius 3 is 2.80 bits per heavy atom. The average molecular weight is 360 g/mol. The van der Waals surface area contributed by atoms with Crippen molar-refractivity contribution in [3.8, 4) is 0 Å². The number of methoxy groups -OCH3 is 1. The number of imidazole rings is 1. The van der Waals surface area contributed by atoms with Gasteiger partial charge in [0.05, 0.1) is 29.1 Å². The number of rotatable bonds is 6. The molecule has 2 rings (SSSR count). The molecule has 3 nitrogen and oxygen atoms in total. The molecule has 0 radical (unpaired) electrons. The molecule has 2 aromatic rings. The van der Waals surface area contributed by atoms with Gasteiger partial charge in [0.1, 0.15) is 5.82 Å². The third-order valence-corrected chi connectivity index (χ3v) is 4.07. The Bertz CT molecular complexity index is 577. The van der Waals surface area contributed by atoms with E-state index in [1.165, 1.54) is 0 Å². The molecule has 20 heavy (non-hydrogen) atoms. The quantitative estimate of drug-likeness (QED) is 0.672. The lowest BCUT2D eigenvalue weighted by Crippen LogP contribution is -2.17. The molecule has 0 N–H and O–H groups in total. The summed E-state index contributed by atoms with van der Waals surface area (Å²) in [6.07, 6.45) is 2.15. The molecule has 1 heterocycles. The van der Waals surface area contributed by atoms with Crippen LogP contribution in [0.4, 0.5) is 0 Å². The molecular weight excluding hydrogens is 340 g/mol. The molecule has 2 unspecified atom stereocenters. The Kier molecular flexibility index (Phi) is 5.47. The first-order chi connectivity index (χ1) is 9.58. The van der Waals surface area contributed by atoms with Crippen molar-refractivity contribution in [2.45, 2.75) is 38.1 Å². The highest BCUT2D eigenvalue weighted by Gasteiger charge is 2.21. The van der Waals surface area contributed by atoms with Crippen molar-refractivity contribution >= 4 is 38.6 Å². The van der Waals surface area contributed by atoms with E-state index in [-0.39, 0.29) is 11.4 Å². The highest BCUT2D eigenvalue weighted by Crippen LogP contribution is 2.31. The summed E-state index contributed by atoms with van der Waals surface area (Å²) >= 11 is 9.82. The molecule has 0 aliphatic rings. The number of nitrogens with zero attached hydrogens (tertiary/aromatic N) is 2. The molecule has 0 aliphatic carbocycles. The summed E-state index contributed by atoms with van der Waals surface area (Å²) < 4.78 is 8.66. The summed E-state index contributed by atoms with van der Waals surface area (Å²) in [6, 6.07) is 6.43. The number of hydrogen-bond acceptors (Lipinski definition) is 2. The summed E-state index contributed by atoms with van der Waals surface area (Å²) in [7, 11) is 1.74. The van der Waals surface area contributed by atoms with Crippen LogP contribution in [0, 0.1) is 0 Å². The van der Waals surface area contributed by atoms with Gasteiger partial charge in [0, 0.05) is 11.6 Å². The van der Waals surface area contributed by atoms with Gasteiger partial charge in [-0.1, -0.05) is 29.3 Å². The van der Waals surface area contributed by atoms with E-state index < -0.39 is 0 Å². The first-order valence-corrected chi connectivity index (χ1v) is 8.11.